The first-order valence-electron chi connectivity index (χ1n) is 22.1. The lowest BCUT2D eigenvalue weighted by atomic mass is 9.96. The molecular formula is C61H39N3O. The van der Waals surface area contributed by atoms with Crippen LogP contribution in [0.4, 0.5) is 17.1 Å². The Balaban J connectivity index is 0.921. The summed E-state index contributed by atoms with van der Waals surface area (Å²) in [6.07, 6.45) is 0. The zero-order chi connectivity index (χ0) is 42.8. The summed E-state index contributed by atoms with van der Waals surface area (Å²) >= 11 is 0. The lowest BCUT2D eigenvalue weighted by Gasteiger charge is -2.26. The summed E-state index contributed by atoms with van der Waals surface area (Å²) in [5.41, 5.74) is 14.0. The van der Waals surface area contributed by atoms with Gasteiger partial charge in [0.2, 0.25) is 5.89 Å². The molecular weight excluding hydrogens is 791 g/mol. The summed E-state index contributed by atoms with van der Waals surface area (Å²) in [5, 5.41) is 9.50. The van der Waals surface area contributed by atoms with Crippen molar-refractivity contribution < 1.29 is 4.42 Å². The molecule has 0 amide bonds. The topological polar surface area (TPSA) is 34.2 Å². The van der Waals surface area contributed by atoms with Crippen molar-refractivity contribution in [1.29, 1.82) is 0 Å². The fraction of sp³-hybridized carbons (Fsp3) is 0. The van der Waals surface area contributed by atoms with Gasteiger partial charge in [0.05, 0.1) is 11.0 Å². The van der Waals surface area contributed by atoms with Crippen molar-refractivity contribution in [2.45, 2.75) is 0 Å². The SMILES string of the molecule is c1ccc(-c2nc3ccc4c5cc(-c6ccc(N(c7ccc(-c8ccc9ccccc9c8)cc7)c7ccc8c9ccccc9n(-c9ccccc9)c8c7)cc6)ccc5ccc4c3o2)cc1. The average Bonchev–Trinajstić information content (AvgIpc) is 3.97. The van der Waals surface area contributed by atoms with Crippen LogP contribution >= 0.6 is 0 Å². The molecule has 0 aliphatic heterocycles. The molecule has 2 aromatic heterocycles. The van der Waals surface area contributed by atoms with Crippen LogP contribution in [0.5, 0.6) is 0 Å². The van der Waals surface area contributed by atoms with Gasteiger partial charge in [-0.2, -0.15) is 0 Å². The van der Waals surface area contributed by atoms with Crippen LogP contribution in [0.15, 0.2) is 241 Å². The number of fused-ring (bicyclic) bond motifs is 9. The van der Waals surface area contributed by atoms with Crippen molar-refractivity contribution in [1.82, 2.24) is 9.55 Å². The van der Waals surface area contributed by atoms with Crippen LogP contribution in [0.3, 0.4) is 0 Å². The molecule has 304 valence electrons. The van der Waals surface area contributed by atoms with Gasteiger partial charge < -0.3 is 13.9 Å². The van der Waals surface area contributed by atoms with Crippen molar-refractivity contribution in [3.05, 3.63) is 237 Å². The first kappa shape index (κ1) is 36.9. The Morgan fingerprint density at radius 2 is 0.908 bits per heavy atom. The van der Waals surface area contributed by atoms with Gasteiger partial charge in [-0.3, -0.25) is 0 Å². The molecule has 65 heavy (non-hydrogen) atoms. The van der Waals surface area contributed by atoms with E-state index in [0.717, 1.165) is 66.8 Å². The Kier molecular flexibility index (Phi) is 8.50. The van der Waals surface area contributed by atoms with Crippen molar-refractivity contribution in [3.63, 3.8) is 0 Å². The molecule has 0 fully saturated rings. The molecule has 0 saturated heterocycles. The maximum absolute atomic E-state index is 6.43. The van der Waals surface area contributed by atoms with Gasteiger partial charge >= 0.3 is 0 Å². The summed E-state index contributed by atoms with van der Waals surface area (Å²) in [6, 6.07) is 85.0. The fourth-order valence-corrected chi connectivity index (χ4v) is 9.78. The second-order valence-electron chi connectivity index (χ2n) is 16.8. The predicted octanol–water partition coefficient (Wildman–Crippen LogP) is 16.9. The van der Waals surface area contributed by atoms with Gasteiger partial charge in [-0.15, -0.1) is 0 Å². The molecule has 0 aliphatic rings. The van der Waals surface area contributed by atoms with Gasteiger partial charge in [-0.05, 0) is 140 Å². The number of nitrogens with zero attached hydrogens (tertiary/aromatic N) is 3. The van der Waals surface area contributed by atoms with Crippen molar-refractivity contribution in [3.8, 4) is 39.4 Å². The molecule has 13 rings (SSSR count). The fourth-order valence-electron chi connectivity index (χ4n) is 9.78. The molecule has 0 bridgehead atoms. The first-order valence-corrected chi connectivity index (χ1v) is 22.1. The van der Waals surface area contributed by atoms with Crippen LogP contribution < -0.4 is 4.90 Å². The number of oxazole rings is 1. The number of para-hydroxylation sites is 2. The molecule has 11 aromatic carbocycles. The van der Waals surface area contributed by atoms with E-state index in [0.29, 0.717) is 5.89 Å². The van der Waals surface area contributed by atoms with Crippen LogP contribution in [-0.4, -0.2) is 9.55 Å². The van der Waals surface area contributed by atoms with Crippen LogP contribution in [0.25, 0.3) is 105 Å². The highest BCUT2D eigenvalue weighted by atomic mass is 16.3. The standard InChI is InChI=1S/C61H39N3O/c1-3-12-44(13-4-1)61-62-57-36-35-52-55(60(57)65-61)33-27-43-20-22-47(38-56(43)52)42-25-30-50(31-26-42)63(49-28-23-41(24-29-49)46-21-19-40-11-7-8-14-45(40)37-46)51-32-34-54-53-17-9-10-18-58(53)64(59(54)39-51)48-15-5-2-6-16-48/h1-39H. The Hall–Kier alpha value is -8.73. The monoisotopic (exact) mass is 829 g/mol. The number of benzene rings is 11. The Morgan fingerprint density at radius 3 is 1.68 bits per heavy atom. The normalized spacial score (nSPS) is 11.7. The van der Waals surface area contributed by atoms with E-state index in [1.54, 1.807) is 0 Å². The summed E-state index contributed by atoms with van der Waals surface area (Å²) in [7, 11) is 0. The molecule has 0 saturated carbocycles. The largest absolute Gasteiger partial charge is 0.435 e. The summed E-state index contributed by atoms with van der Waals surface area (Å²) in [5.74, 6) is 0.635. The molecule has 0 N–H and O–H groups in total. The zero-order valence-corrected chi connectivity index (χ0v) is 35.3. The van der Waals surface area contributed by atoms with E-state index < -0.39 is 0 Å². The molecule has 0 atom stereocenters. The molecule has 0 spiro atoms. The predicted molar refractivity (Wildman–Crippen MR) is 272 cm³/mol. The van der Waals surface area contributed by atoms with Crippen LogP contribution in [0, 0.1) is 0 Å². The van der Waals surface area contributed by atoms with E-state index in [-0.39, 0.29) is 0 Å². The van der Waals surface area contributed by atoms with E-state index >= 15 is 0 Å². The van der Waals surface area contributed by atoms with Crippen molar-refractivity contribution in [2.24, 2.45) is 0 Å². The molecule has 2 heterocycles. The van der Waals surface area contributed by atoms with E-state index in [9.17, 15) is 0 Å². The third-order valence-corrected chi connectivity index (χ3v) is 13.0. The van der Waals surface area contributed by atoms with Gasteiger partial charge in [-0.1, -0.05) is 146 Å². The third-order valence-electron chi connectivity index (χ3n) is 13.0. The second-order valence-corrected chi connectivity index (χ2v) is 16.8. The van der Waals surface area contributed by atoms with Gasteiger partial charge in [0.1, 0.15) is 5.52 Å². The minimum atomic E-state index is 0.635. The average molecular weight is 830 g/mol. The minimum Gasteiger partial charge on any atom is -0.435 e. The molecule has 0 aliphatic carbocycles. The third kappa shape index (κ3) is 6.26. The van der Waals surface area contributed by atoms with Gasteiger partial charge in [0.15, 0.2) is 5.58 Å². The molecule has 4 heteroatoms. The van der Waals surface area contributed by atoms with Crippen molar-refractivity contribution in [2.75, 3.05) is 4.90 Å². The minimum absolute atomic E-state index is 0.635. The summed E-state index contributed by atoms with van der Waals surface area (Å²) < 4.78 is 8.82. The quantitative estimate of drug-likeness (QED) is 0.150. The highest BCUT2D eigenvalue weighted by Crippen LogP contribution is 2.42. The van der Waals surface area contributed by atoms with E-state index in [1.165, 1.54) is 49.0 Å². The smallest absolute Gasteiger partial charge is 0.227 e. The highest BCUT2D eigenvalue weighted by molar-refractivity contribution is 6.16. The molecule has 4 nitrogen and oxygen atoms in total. The zero-order valence-electron chi connectivity index (χ0n) is 35.3. The number of hydrogen-bond acceptors (Lipinski definition) is 3. The maximum Gasteiger partial charge on any atom is 0.227 e. The van der Waals surface area contributed by atoms with Gasteiger partial charge in [0, 0.05) is 44.5 Å². The maximum atomic E-state index is 6.43. The van der Waals surface area contributed by atoms with Crippen molar-refractivity contribution >= 4 is 82.3 Å². The Bertz CT molecular complexity index is 3920. The van der Waals surface area contributed by atoms with Gasteiger partial charge in [0.25, 0.3) is 0 Å². The Morgan fingerprint density at radius 1 is 0.338 bits per heavy atom. The summed E-state index contributed by atoms with van der Waals surface area (Å²) in [6.45, 7) is 0. The summed E-state index contributed by atoms with van der Waals surface area (Å²) in [4.78, 5) is 7.22. The lowest BCUT2D eigenvalue weighted by Crippen LogP contribution is -2.10. The van der Waals surface area contributed by atoms with Gasteiger partial charge in [-0.25, -0.2) is 4.98 Å². The number of rotatable bonds is 7. The highest BCUT2D eigenvalue weighted by Gasteiger charge is 2.19. The molecule has 0 unspecified atom stereocenters. The van der Waals surface area contributed by atoms with E-state index in [2.05, 4.69) is 216 Å². The first-order chi connectivity index (χ1) is 32.2. The van der Waals surface area contributed by atoms with E-state index in [4.69, 9.17) is 9.40 Å². The molecule has 0 radical (unpaired) electrons. The lowest BCUT2D eigenvalue weighted by molar-refractivity contribution is 0.623. The number of hydrogen-bond donors (Lipinski definition) is 0. The molecule has 13 aromatic rings. The second kappa shape index (κ2) is 15.0. The van der Waals surface area contributed by atoms with E-state index in [1.807, 2.05) is 30.3 Å². The number of aromatic nitrogens is 2. The van der Waals surface area contributed by atoms with Crippen LogP contribution in [-0.2, 0) is 0 Å². The Labute approximate surface area is 375 Å². The van der Waals surface area contributed by atoms with Crippen LogP contribution in [0.2, 0.25) is 0 Å². The van der Waals surface area contributed by atoms with Crippen LogP contribution in [0.1, 0.15) is 0 Å². The number of anilines is 3.